The van der Waals surface area contributed by atoms with Gasteiger partial charge in [-0.3, -0.25) is 33.9 Å². The third kappa shape index (κ3) is 8.82. The first-order valence-corrected chi connectivity index (χ1v) is 14.0. The smallest absolute Gasteiger partial charge is 0.463 e. The summed E-state index contributed by atoms with van der Waals surface area (Å²) in [7, 11) is 0. The van der Waals surface area contributed by atoms with Gasteiger partial charge in [-0.2, -0.15) is 13.2 Å². The van der Waals surface area contributed by atoms with Crippen molar-refractivity contribution in [2.45, 2.75) is 77.3 Å². The second-order valence-corrected chi connectivity index (χ2v) is 10.3. The zero-order valence-electron chi connectivity index (χ0n) is 25.4. The van der Waals surface area contributed by atoms with Gasteiger partial charge in [-0.25, -0.2) is 9.98 Å². The van der Waals surface area contributed by atoms with Crippen molar-refractivity contribution in [3.63, 3.8) is 0 Å². The molecule has 1 saturated heterocycles. The van der Waals surface area contributed by atoms with Gasteiger partial charge in [-0.15, -0.1) is 0 Å². The van der Waals surface area contributed by atoms with Crippen LogP contribution in [-0.2, 0) is 54.3 Å². The summed E-state index contributed by atoms with van der Waals surface area (Å²) >= 11 is 0. The number of amides is 2. The number of nitrogens with zero attached hydrogens (tertiary/aromatic N) is 3. The van der Waals surface area contributed by atoms with Crippen molar-refractivity contribution in [2.24, 2.45) is 4.99 Å². The molecule has 16 nitrogen and oxygen atoms in total. The largest absolute Gasteiger partial charge is 0.471 e. The molecule has 0 aliphatic carbocycles. The number of aliphatic imine (C=N–C) groups is 1. The molecule has 0 bridgehead atoms. The summed E-state index contributed by atoms with van der Waals surface area (Å²) in [5, 5.41) is 7.07. The van der Waals surface area contributed by atoms with Gasteiger partial charge in [0.05, 0.1) is 12.9 Å². The van der Waals surface area contributed by atoms with Gasteiger partial charge in [-0.1, -0.05) is 30.3 Å². The van der Waals surface area contributed by atoms with Gasteiger partial charge in [0.2, 0.25) is 11.9 Å². The molecule has 254 valence electrons. The topological polar surface area (TPSA) is 198 Å². The van der Waals surface area contributed by atoms with Crippen molar-refractivity contribution < 1.29 is 60.8 Å². The molecule has 2 aliphatic rings. The van der Waals surface area contributed by atoms with E-state index in [9.17, 15) is 37.1 Å². The maximum absolute atomic E-state index is 13.6. The number of nitrogens with one attached hydrogen (secondary N) is 3. The predicted molar refractivity (Wildman–Crippen MR) is 151 cm³/mol. The maximum atomic E-state index is 13.6. The molecule has 2 aromatic rings. The minimum atomic E-state index is -5.40. The Morgan fingerprint density at radius 2 is 1.64 bits per heavy atom. The Morgan fingerprint density at radius 3 is 2.23 bits per heavy atom. The Morgan fingerprint density at radius 1 is 0.979 bits per heavy atom. The molecule has 6 atom stereocenters. The number of fused-ring (bicyclic) bond motifs is 1. The molecule has 0 radical (unpaired) electrons. The van der Waals surface area contributed by atoms with E-state index in [1.54, 1.807) is 29.6 Å². The minimum absolute atomic E-state index is 0.00295. The molecular weight excluding hydrogens is 637 g/mol. The van der Waals surface area contributed by atoms with E-state index in [-0.39, 0.29) is 24.1 Å². The summed E-state index contributed by atoms with van der Waals surface area (Å²) in [5.74, 6) is -5.82. The lowest BCUT2D eigenvalue weighted by Gasteiger charge is -2.46. The van der Waals surface area contributed by atoms with Gasteiger partial charge >= 0.3 is 30.0 Å². The molecule has 0 spiro atoms. The normalized spacial score (nSPS) is 23.7. The van der Waals surface area contributed by atoms with E-state index in [0.717, 1.165) is 37.2 Å². The molecule has 1 fully saturated rings. The number of alkyl halides is 3. The molecule has 2 amide bonds. The summed E-state index contributed by atoms with van der Waals surface area (Å²) < 4.78 is 69.6. The average molecular weight is 669 g/mol. The third-order valence-corrected chi connectivity index (χ3v) is 6.63. The van der Waals surface area contributed by atoms with Gasteiger partial charge in [0.25, 0.3) is 0 Å². The van der Waals surface area contributed by atoms with Crippen molar-refractivity contribution in [3.8, 4) is 0 Å². The summed E-state index contributed by atoms with van der Waals surface area (Å²) in [6.45, 7) is 3.66. The number of carbonyl (C=O) groups is 5. The van der Waals surface area contributed by atoms with Crippen LogP contribution in [0.1, 0.15) is 51.4 Å². The maximum Gasteiger partial charge on any atom is 0.471 e. The molecule has 1 aromatic heterocycles. The number of rotatable bonds is 9. The highest BCUT2D eigenvalue weighted by Crippen LogP contribution is 2.38. The Kier molecular flexibility index (Phi) is 10.8. The van der Waals surface area contributed by atoms with E-state index in [4.69, 9.17) is 23.7 Å². The summed E-state index contributed by atoms with van der Waals surface area (Å²) in [6, 6.07) is 7.08. The fourth-order valence-electron chi connectivity index (χ4n) is 4.84. The average Bonchev–Trinajstić information content (AvgIpc) is 3.40. The number of halogens is 3. The number of anilines is 1. The van der Waals surface area contributed by atoms with Crippen LogP contribution in [0.3, 0.4) is 0 Å². The molecule has 19 heteroatoms. The van der Waals surface area contributed by atoms with Crippen LogP contribution in [0.5, 0.6) is 0 Å². The lowest BCUT2D eigenvalue weighted by molar-refractivity contribution is -0.239. The predicted octanol–water partition coefficient (Wildman–Crippen LogP) is 1.39. The van der Waals surface area contributed by atoms with Crippen molar-refractivity contribution >= 4 is 41.5 Å². The van der Waals surface area contributed by atoms with Crippen LogP contribution in [0, 0.1) is 0 Å². The lowest BCUT2D eigenvalue weighted by atomic mass is 9.94. The molecule has 3 N–H and O–H groups in total. The van der Waals surface area contributed by atoms with Crippen LogP contribution in [0.4, 0.5) is 19.0 Å². The SMILES string of the molecule is CC(=O)NC1=NC(OCc2ccccc2)c2ncn([C@@H]3O[C@H](COC(C)=O)[C@@H](OC(C)=O)[C@H](OC(C)=O)[C@H]3NC(=O)C(F)(F)F)c2N1. The van der Waals surface area contributed by atoms with Crippen molar-refractivity contribution in [3.05, 3.63) is 47.9 Å². The van der Waals surface area contributed by atoms with Gasteiger partial charge in [0, 0.05) is 27.7 Å². The first kappa shape index (κ1) is 34.8. The fraction of sp³-hybridized carbons (Fsp3) is 0.464. The molecule has 1 unspecified atom stereocenters. The number of hydrogen-bond donors (Lipinski definition) is 3. The molecule has 4 rings (SSSR count). The second-order valence-electron chi connectivity index (χ2n) is 10.3. The molecule has 2 aliphatic heterocycles. The number of carbonyl (C=O) groups excluding carboxylic acids is 5. The number of guanidine groups is 1. The summed E-state index contributed by atoms with van der Waals surface area (Å²) in [4.78, 5) is 68.8. The summed E-state index contributed by atoms with van der Waals surface area (Å²) in [5.41, 5.74) is 0.866. The number of hydrogen-bond acceptors (Lipinski definition) is 13. The minimum Gasteiger partial charge on any atom is -0.463 e. The van der Waals surface area contributed by atoms with Crippen LogP contribution < -0.4 is 16.0 Å². The molecule has 1 aromatic carbocycles. The number of ether oxygens (including phenoxy) is 5. The molecule has 3 heterocycles. The number of benzene rings is 1. The first-order valence-electron chi connectivity index (χ1n) is 14.0. The van der Waals surface area contributed by atoms with E-state index >= 15 is 0 Å². The monoisotopic (exact) mass is 668 g/mol. The number of esters is 3. The van der Waals surface area contributed by atoms with E-state index in [1.165, 1.54) is 6.92 Å². The van der Waals surface area contributed by atoms with Gasteiger partial charge < -0.3 is 34.3 Å². The van der Waals surface area contributed by atoms with Crippen LogP contribution >= 0.6 is 0 Å². The Labute approximate surface area is 264 Å². The fourth-order valence-corrected chi connectivity index (χ4v) is 4.84. The van der Waals surface area contributed by atoms with E-state index < -0.39 is 79.3 Å². The zero-order chi connectivity index (χ0) is 34.5. The van der Waals surface area contributed by atoms with E-state index in [2.05, 4.69) is 20.6 Å². The van der Waals surface area contributed by atoms with Crippen LogP contribution in [0.25, 0.3) is 0 Å². The Hall–Kier alpha value is -5.04. The highest BCUT2D eigenvalue weighted by molar-refractivity contribution is 6.04. The molecule has 0 saturated carbocycles. The molecular formula is C28H31F3N6O10. The molecule has 47 heavy (non-hydrogen) atoms. The van der Waals surface area contributed by atoms with E-state index in [1.807, 2.05) is 6.07 Å². The van der Waals surface area contributed by atoms with Gasteiger partial charge in [-0.05, 0) is 5.56 Å². The second kappa shape index (κ2) is 14.6. The number of aromatic nitrogens is 2. The third-order valence-electron chi connectivity index (χ3n) is 6.63. The van der Waals surface area contributed by atoms with Crippen LogP contribution in [0.15, 0.2) is 41.7 Å². The van der Waals surface area contributed by atoms with Crippen molar-refractivity contribution in [1.82, 2.24) is 20.2 Å². The zero-order valence-corrected chi connectivity index (χ0v) is 25.4. The summed E-state index contributed by atoms with van der Waals surface area (Å²) in [6.07, 6.45) is -12.0. The number of imidazole rings is 1. The quantitative estimate of drug-likeness (QED) is 0.257. The van der Waals surface area contributed by atoms with Crippen LogP contribution in [-0.4, -0.2) is 82.4 Å². The first-order chi connectivity index (χ1) is 22.1. The van der Waals surface area contributed by atoms with E-state index in [0.29, 0.717) is 0 Å². The van der Waals surface area contributed by atoms with Gasteiger partial charge in [0.1, 0.15) is 30.3 Å². The lowest BCUT2D eigenvalue weighted by Crippen LogP contribution is -2.65. The van der Waals surface area contributed by atoms with Crippen molar-refractivity contribution in [1.29, 1.82) is 0 Å². The Bertz CT molecular complexity index is 1530. The van der Waals surface area contributed by atoms with Crippen LogP contribution in [0.2, 0.25) is 0 Å². The van der Waals surface area contributed by atoms with Gasteiger partial charge in [0.15, 0.2) is 24.7 Å². The Balaban J connectivity index is 1.82. The highest BCUT2D eigenvalue weighted by Gasteiger charge is 2.54. The standard InChI is InChI=1S/C28H31F3N6O10/c1-13(38)33-27-35-23-20(24(36-27)44-10-17-8-6-5-7-9-17)32-12-37(23)25-19(34-26(42)28(29,30)31)22(46-16(4)41)21(45-15(3)40)18(47-25)11-43-14(2)39/h5-9,12,18-19,21-22,24-25H,10-11H2,1-4H3,(H,34,42)(H2,33,35,36,38)/t18-,19-,21-,22-,24?,25-/m1/s1. The van der Waals surface area contributed by atoms with Crippen molar-refractivity contribution in [2.75, 3.05) is 11.9 Å². The highest BCUT2D eigenvalue weighted by atomic mass is 19.4.